The van der Waals surface area contributed by atoms with E-state index in [0.717, 1.165) is 24.3 Å². The third-order valence-electron chi connectivity index (χ3n) is 3.16. The third kappa shape index (κ3) is 2.53. The molecule has 3 rings (SSSR count). The minimum absolute atomic E-state index is 0.0774. The van der Waals surface area contributed by atoms with Crippen LogP contribution < -0.4 is 4.74 Å². The minimum atomic E-state index is -4.38. The molecule has 1 unspecified atom stereocenters. The molecule has 0 aromatic heterocycles. The molecule has 0 spiro atoms. The molecule has 1 aliphatic rings. The number of rotatable bonds is 2. The fourth-order valence-corrected chi connectivity index (χ4v) is 4.29. The molecule has 1 atom stereocenters. The molecule has 2 aromatic rings. The Kier molecular flexibility index (Phi) is 3.72. The molecule has 23 heavy (non-hydrogen) atoms. The van der Waals surface area contributed by atoms with Gasteiger partial charge in [-0.25, -0.2) is 21.6 Å². The van der Waals surface area contributed by atoms with Gasteiger partial charge in [-0.05, 0) is 28.1 Å². The van der Waals surface area contributed by atoms with Crippen molar-refractivity contribution >= 4 is 31.6 Å². The molecule has 0 radical (unpaired) electrons. The van der Waals surface area contributed by atoms with E-state index in [9.17, 15) is 26.4 Å². The van der Waals surface area contributed by atoms with E-state index in [2.05, 4.69) is 15.9 Å². The van der Waals surface area contributed by atoms with Crippen LogP contribution in [-0.4, -0.2) is 19.7 Å². The van der Waals surface area contributed by atoms with Crippen LogP contribution in [0.25, 0.3) is 0 Å². The quantitative estimate of drug-likeness (QED) is 0.761. The minimum Gasteiger partial charge on any atom is -0.456 e. The molecule has 4 nitrogen and oxygen atoms in total. The van der Waals surface area contributed by atoms with Crippen molar-refractivity contribution in [3.63, 3.8) is 0 Å². The number of alkyl halides is 1. The second-order valence-electron chi connectivity index (χ2n) is 4.68. The Morgan fingerprint density at radius 2 is 1.70 bits per heavy atom. The zero-order valence-corrected chi connectivity index (χ0v) is 13.4. The maximum absolute atomic E-state index is 13.6. The van der Waals surface area contributed by atoms with Crippen molar-refractivity contribution in [3.05, 3.63) is 52.0 Å². The molecule has 1 heterocycles. The molecular formula is C14H6BrF3O4S. The Bertz CT molecular complexity index is 923. The van der Waals surface area contributed by atoms with Crippen LogP contribution in [0.1, 0.15) is 10.4 Å². The molecule has 0 N–H and O–H groups in total. The van der Waals surface area contributed by atoms with Crippen molar-refractivity contribution in [2.75, 3.05) is 0 Å². The summed E-state index contributed by atoms with van der Waals surface area (Å²) in [6, 6.07) is 4.62. The second kappa shape index (κ2) is 5.34. The summed E-state index contributed by atoms with van der Waals surface area (Å²) < 4.78 is 68.6. The van der Waals surface area contributed by atoms with Crippen molar-refractivity contribution in [2.24, 2.45) is 0 Å². The van der Waals surface area contributed by atoms with E-state index in [0.29, 0.717) is 6.07 Å². The van der Waals surface area contributed by atoms with Gasteiger partial charge in [0.15, 0.2) is 0 Å². The average molecular weight is 407 g/mol. The van der Waals surface area contributed by atoms with Crippen LogP contribution in [0.3, 0.4) is 0 Å². The normalized spacial score (nSPS) is 18.8. The zero-order chi connectivity index (χ0) is 16.9. The second-order valence-corrected chi connectivity index (χ2v) is 7.42. The third-order valence-corrected chi connectivity index (χ3v) is 5.66. The Morgan fingerprint density at radius 3 is 2.30 bits per heavy atom. The number of hydrogen-bond donors (Lipinski definition) is 0. The topological polar surface area (TPSA) is 60.4 Å². The monoisotopic (exact) mass is 406 g/mol. The summed E-state index contributed by atoms with van der Waals surface area (Å²) in [5.41, 5.74) is -3.05. The number of ether oxygens (including phenoxy) is 1. The molecule has 0 bridgehead atoms. The Morgan fingerprint density at radius 1 is 1.09 bits per heavy atom. The lowest BCUT2D eigenvalue weighted by atomic mass is 10.1. The number of carbonyl (C=O) groups is 1. The lowest BCUT2D eigenvalue weighted by Crippen LogP contribution is -2.16. The summed E-state index contributed by atoms with van der Waals surface area (Å²) in [6.45, 7) is 0. The van der Waals surface area contributed by atoms with Gasteiger partial charge in [0.05, 0.1) is 14.9 Å². The first-order valence-electron chi connectivity index (χ1n) is 6.10. The summed E-state index contributed by atoms with van der Waals surface area (Å²) in [5.74, 6) is -3.25. The fraction of sp³-hybridized carbons (Fsp3) is 0.0714. The number of hydrogen-bond acceptors (Lipinski definition) is 4. The number of fused-ring (bicyclic) bond motifs is 1. The largest absolute Gasteiger partial charge is 0.456 e. The van der Waals surface area contributed by atoms with Crippen LogP contribution in [-0.2, 0) is 9.84 Å². The van der Waals surface area contributed by atoms with E-state index in [1.807, 2.05) is 0 Å². The lowest BCUT2D eigenvalue weighted by Gasteiger charge is -2.10. The SMILES string of the molecule is O=C1c2c(ccc(Oc3cc(F)cc(F)c3)c2Br)S(=O)(=O)C1F. The predicted octanol–water partition coefficient (Wildman–Crippen LogP) is 3.79. The van der Waals surface area contributed by atoms with Crippen LogP contribution in [0.4, 0.5) is 13.2 Å². The van der Waals surface area contributed by atoms with Crippen LogP contribution in [0.15, 0.2) is 39.7 Å². The van der Waals surface area contributed by atoms with E-state index in [1.165, 1.54) is 0 Å². The van der Waals surface area contributed by atoms with Crippen molar-refractivity contribution in [3.8, 4) is 11.5 Å². The maximum atomic E-state index is 13.6. The highest BCUT2D eigenvalue weighted by molar-refractivity contribution is 9.10. The average Bonchev–Trinajstić information content (AvgIpc) is 2.62. The van der Waals surface area contributed by atoms with Crippen LogP contribution in [0, 0.1) is 11.6 Å². The Hall–Kier alpha value is -1.87. The summed E-state index contributed by atoms with van der Waals surface area (Å²) in [5, 5.41) is 0. The molecule has 0 amide bonds. The number of sulfone groups is 1. The maximum Gasteiger partial charge on any atom is 0.267 e. The highest BCUT2D eigenvalue weighted by Gasteiger charge is 2.46. The number of halogens is 4. The van der Waals surface area contributed by atoms with E-state index < -0.39 is 37.7 Å². The van der Waals surface area contributed by atoms with Crippen LogP contribution >= 0.6 is 15.9 Å². The lowest BCUT2D eigenvalue weighted by molar-refractivity contribution is 0.0938. The van der Waals surface area contributed by atoms with Gasteiger partial charge in [0.25, 0.3) is 5.50 Å². The van der Waals surface area contributed by atoms with Crippen LogP contribution in [0.5, 0.6) is 11.5 Å². The predicted molar refractivity (Wildman–Crippen MR) is 77.0 cm³/mol. The van der Waals surface area contributed by atoms with E-state index in [-0.39, 0.29) is 21.5 Å². The molecule has 0 aliphatic carbocycles. The molecule has 120 valence electrons. The van der Waals surface area contributed by atoms with E-state index in [4.69, 9.17) is 4.74 Å². The molecule has 0 saturated heterocycles. The van der Waals surface area contributed by atoms with Gasteiger partial charge in [-0.15, -0.1) is 0 Å². The van der Waals surface area contributed by atoms with Crippen molar-refractivity contribution < 1.29 is 31.1 Å². The first-order valence-corrected chi connectivity index (χ1v) is 8.44. The van der Waals surface area contributed by atoms with Crippen LogP contribution in [0.2, 0.25) is 0 Å². The number of benzene rings is 2. The summed E-state index contributed by atoms with van der Waals surface area (Å²) in [6.07, 6.45) is 0. The first kappa shape index (κ1) is 16.0. The molecular weight excluding hydrogens is 401 g/mol. The summed E-state index contributed by atoms with van der Waals surface area (Å²) in [7, 11) is -4.38. The molecule has 0 saturated carbocycles. The van der Waals surface area contributed by atoms with E-state index in [1.54, 1.807) is 0 Å². The molecule has 0 fully saturated rings. The summed E-state index contributed by atoms with van der Waals surface area (Å²) in [4.78, 5) is 11.3. The first-order chi connectivity index (χ1) is 10.7. The smallest absolute Gasteiger partial charge is 0.267 e. The van der Waals surface area contributed by atoms with Gasteiger partial charge in [0.1, 0.15) is 23.1 Å². The van der Waals surface area contributed by atoms with Gasteiger partial charge < -0.3 is 4.74 Å². The van der Waals surface area contributed by atoms with Gasteiger partial charge in [0.2, 0.25) is 15.6 Å². The number of carbonyl (C=O) groups excluding carboxylic acids is 1. The number of ketones is 1. The molecule has 1 aliphatic heterocycles. The molecule has 9 heteroatoms. The van der Waals surface area contributed by atoms with E-state index >= 15 is 0 Å². The molecule has 2 aromatic carbocycles. The van der Waals surface area contributed by atoms with Gasteiger partial charge in [-0.2, -0.15) is 0 Å². The highest BCUT2D eigenvalue weighted by atomic mass is 79.9. The van der Waals surface area contributed by atoms with Gasteiger partial charge >= 0.3 is 0 Å². The Labute approximate surface area is 136 Å². The van der Waals surface area contributed by atoms with Gasteiger partial charge in [0, 0.05) is 18.2 Å². The summed E-state index contributed by atoms with van der Waals surface area (Å²) >= 11 is 2.98. The van der Waals surface area contributed by atoms with Crippen molar-refractivity contribution in [1.82, 2.24) is 0 Å². The fourth-order valence-electron chi connectivity index (χ4n) is 2.17. The zero-order valence-electron chi connectivity index (χ0n) is 11.0. The highest BCUT2D eigenvalue weighted by Crippen LogP contribution is 2.42. The van der Waals surface area contributed by atoms with Gasteiger partial charge in [-0.3, -0.25) is 4.79 Å². The van der Waals surface area contributed by atoms with Crippen molar-refractivity contribution in [1.29, 1.82) is 0 Å². The van der Waals surface area contributed by atoms with Crippen molar-refractivity contribution in [2.45, 2.75) is 10.4 Å². The standard InChI is InChI=1S/C14H6BrF3O4S/c15-12-9(22-8-4-6(16)3-7(17)5-8)1-2-10-11(12)13(19)14(18)23(10,20)21/h1-5,14H. The number of Topliss-reactive ketones (excluding diaryl/α,β-unsaturated/α-hetero) is 1. The Balaban J connectivity index is 2.09. The van der Waals surface area contributed by atoms with Gasteiger partial charge in [-0.1, -0.05) is 0 Å².